The van der Waals surface area contributed by atoms with Gasteiger partial charge in [0.25, 0.3) is 0 Å². The van der Waals surface area contributed by atoms with Crippen LogP contribution in [0.3, 0.4) is 0 Å². The number of rotatable bonds is 6. The monoisotopic (exact) mass is 239 g/mol. The molecule has 17 heavy (non-hydrogen) atoms. The van der Waals surface area contributed by atoms with Crippen molar-refractivity contribution in [3.63, 3.8) is 0 Å². The topological polar surface area (TPSA) is 62.3 Å². The standard InChI is InChI=1S/C13H25N3O/c1-2-17-11-4-3-7-16(9-11)10-13(5-6-13)8-12(14)15/h11H,2-10H2,1H3,(H3,14,15). The maximum absolute atomic E-state index is 7.45. The summed E-state index contributed by atoms with van der Waals surface area (Å²) in [6, 6.07) is 0. The van der Waals surface area contributed by atoms with Gasteiger partial charge in [0, 0.05) is 26.1 Å². The average molecular weight is 239 g/mol. The molecule has 0 bridgehead atoms. The normalized spacial score (nSPS) is 27.9. The molecular weight excluding hydrogens is 214 g/mol. The number of likely N-dealkylation sites (tertiary alicyclic amines) is 1. The summed E-state index contributed by atoms with van der Waals surface area (Å²) in [5.41, 5.74) is 5.87. The van der Waals surface area contributed by atoms with Crippen LogP contribution in [0.4, 0.5) is 0 Å². The van der Waals surface area contributed by atoms with Crippen molar-refractivity contribution < 1.29 is 4.74 Å². The summed E-state index contributed by atoms with van der Waals surface area (Å²) in [4.78, 5) is 2.51. The number of hydrogen-bond acceptors (Lipinski definition) is 3. The summed E-state index contributed by atoms with van der Waals surface area (Å²) in [7, 11) is 0. The third kappa shape index (κ3) is 3.68. The Balaban J connectivity index is 1.80. The first-order valence-electron chi connectivity index (χ1n) is 6.80. The zero-order valence-electron chi connectivity index (χ0n) is 10.9. The van der Waals surface area contributed by atoms with E-state index in [-0.39, 0.29) is 0 Å². The Labute approximate surface area is 104 Å². The van der Waals surface area contributed by atoms with Crippen LogP contribution in [0, 0.1) is 10.8 Å². The third-order valence-corrected chi connectivity index (χ3v) is 3.95. The number of nitrogens with zero attached hydrogens (tertiary/aromatic N) is 1. The molecule has 3 N–H and O–H groups in total. The maximum atomic E-state index is 7.45. The van der Waals surface area contributed by atoms with E-state index in [1.165, 1.54) is 32.2 Å². The fourth-order valence-corrected chi connectivity index (χ4v) is 2.97. The molecule has 1 aliphatic heterocycles. The Bertz CT molecular complexity index is 274. The van der Waals surface area contributed by atoms with Crippen LogP contribution < -0.4 is 5.73 Å². The van der Waals surface area contributed by atoms with Crippen molar-refractivity contribution in [3.05, 3.63) is 0 Å². The molecule has 1 atom stereocenters. The van der Waals surface area contributed by atoms with Gasteiger partial charge < -0.3 is 15.4 Å². The summed E-state index contributed by atoms with van der Waals surface area (Å²) >= 11 is 0. The van der Waals surface area contributed by atoms with Gasteiger partial charge in [0.15, 0.2) is 0 Å². The summed E-state index contributed by atoms with van der Waals surface area (Å²) in [5.74, 6) is 0.348. The fourth-order valence-electron chi connectivity index (χ4n) is 2.97. The number of amidine groups is 1. The van der Waals surface area contributed by atoms with Crippen LogP contribution in [0.2, 0.25) is 0 Å². The molecule has 0 aromatic heterocycles. The molecule has 0 radical (unpaired) electrons. The lowest BCUT2D eigenvalue weighted by molar-refractivity contribution is 0.000788. The predicted molar refractivity (Wildman–Crippen MR) is 69.3 cm³/mol. The third-order valence-electron chi connectivity index (χ3n) is 3.95. The predicted octanol–water partition coefficient (Wildman–Crippen LogP) is 1.59. The van der Waals surface area contributed by atoms with E-state index in [4.69, 9.17) is 15.9 Å². The summed E-state index contributed by atoms with van der Waals surface area (Å²) < 4.78 is 5.72. The summed E-state index contributed by atoms with van der Waals surface area (Å²) in [6.45, 7) is 6.24. The van der Waals surface area contributed by atoms with Crippen LogP contribution in [0.25, 0.3) is 0 Å². The van der Waals surface area contributed by atoms with Gasteiger partial charge in [-0.3, -0.25) is 5.41 Å². The van der Waals surface area contributed by atoms with Gasteiger partial charge in [-0.1, -0.05) is 0 Å². The van der Waals surface area contributed by atoms with E-state index in [0.717, 1.165) is 26.1 Å². The van der Waals surface area contributed by atoms with Crippen molar-refractivity contribution in [2.45, 2.75) is 45.1 Å². The molecule has 2 aliphatic rings. The molecule has 1 heterocycles. The minimum atomic E-state index is 0.333. The smallest absolute Gasteiger partial charge is 0.0911 e. The first kappa shape index (κ1) is 12.8. The highest BCUT2D eigenvalue weighted by molar-refractivity contribution is 5.78. The SMILES string of the molecule is CCOC1CCCN(CC2(CC(=N)N)CC2)C1. The first-order valence-corrected chi connectivity index (χ1v) is 6.80. The van der Waals surface area contributed by atoms with Crippen LogP contribution in [0.1, 0.15) is 39.0 Å². The van der Waals surface area contributed by atoms with Gasteiger partial charge in [0.1, 0.15) is 0 Å². The molecule has 1 saturated carbocycles. The number of piperidine rings is 1. The van der Waals surface area contributed by atoms with Crippen LogP contribution in [-0.2, 0) is 4.74 Å². The molecule has 0 aromatic rings. The lowest BCUT2D eigenvalue weighted by Crippen LogP contribution is -2.43. The molecule has 1 aliphatic carbocycles. The highest BCUT2D eigenvalue weighted by atomic mass is 16.5. The molecule has 1 unspecified atom stereocenters. The van der Waals surface area contributed by atoms with E-state index < -0.39 is 0 Å². The maximum Gasteiger partial charge on any atom is 0.0911 e. The van der Waals surface area contributed by atoms with Gasteiger partial charge in [0.05, 0.1) is 11.9 Å². The van der Waals surface area contributed by atoms with E-state index in [1.807, 2.05) is 0 Å². The lowest BCUT2D eigenvalue weighted by Gasteiger charge is -2.34. The quantitative estimate of drug-likeness (QED) is 0.546. The van der Waals surface area contributed by atoms with Crippen LogP contribution in [-0.4, -0.2) is 43.1 Å². The zero-order valence-corrected chi connectivity index (χ0v) is 10.9. The van der Waals surface area contributed by atoms with Gasteiger partial charge in [-0.25, -0.2) is 0 Å². The largest absolute Gasteiger partial charge is 0.388 e. The molecule has 98 valence electrons. The molecule has 0 aromatic carbocycles. The molecule has 2 fully saturated rings. The van der Waals surface area contributed by atoms with E-state index in [1.54, 1.807) is 0 Å². The van der Waals surface area contributed by atoms with Crippen molar-refractivity contribution in [1.82, 2.24) is 4.90 Å². The summed E-state index contributed by atoms with van der Waals surface area (Å²) in [6.07, 6.45) is 6.11. The minimum absolute atomic E-state index is 0.333. The first-order chi connectivity index (χ1) is 8.13. The van der Waals surface area contributed by atoms with Gasteiger partial charge in [0.2, 0.25) is 0 Å². The second-order valence-electron chi connectivity index (χ2n) is 5.66. The van der Waals surface area contributed by atoms with Gasteiger partial charge in [-0.15, -0.1) is 0 Å². The summed E-state index contributed by atoms with van der Waals surface area (Å²) in [5, 5.41) is 7.45. The number of nitrogens with two attached hydrogens (primary N) is 1. The number of nitrogens with one attached hydrogen (secondary N) is 1. The Morgan fingerprint density at radius 3 is 2.88 bits per heavy atom. The number of ether oxygens (including phenoxy) is 1. The molecule has 0 amide bonds. The Kier molecular flexibility index (Phi) is 4.05. The Hall–Kier alpha value is -0.610. The second kappa shape index (κ2) is 5.36. The van der Waals surface area contributed by atoms with Crippen LogP contribution in [0.15, 0.2) is 0 Å². The zero-order chi connectivity index (χ0) is 12.3. The molecule has 4 heteroatoms. The van der Waals surface area contributed by atoms with E-state index in [2.05, 4.69) is 11.8 Å². The van der Waals surface area contributed by atoms with Crippen molar-refractivity contribution in [2.24, 2.45) is 11.1 Å². The average Bonchev–Trinajstić information content (AvgIpc) is 2.97. The van der Waals surface area contributed by atoms with E-state index in [9.17, 15) is 0 Å². The Morgan fingerprint density at radius 2 is 2.29 bits per heavy atom. The van der Waals surface area contributed by atoms with E-state index in [0.29, 0.717) is 17.4 Å². The highest BCUT2D eigenvalue weighted by Gasteiger charge is 2.44. The molecule has 4 nitrogen and oxygen atoms in total. The molecule has 0 spiro atoms. The van der Waals surface area contributed by atoms with Crippen molar-refractivity contribution in [3.8, 4) is 0 Å². The van der Waals surface area contributed by atoms with Crippen LogP contribution in [0.5, 0.6) is 0 Å². The molecule has 2 rings (SSSR count). The van der Waals surface area contributed by atoms with Crippen molar-refractivity contribution >= 4 is 5.84 Å². The minimum Gasteiger partial charge on any atom is -0.388 e. The van der Waals surface area contributed by atoms with E-state index >= 15 is 0 Å². The van der Waals surface area contributed by atoms with Crippen LogP contribution >= 0.6 is 0 Å². The van der Waals surface area contributed by atoms with Crippen molar-refractivity contribution in [1.29, 1.82) is 5.41 Å². The molecule has 1 saturated heterocycles. The van der Waals surface area contributed by atoms with Crippen molar-refractivity contribution in [2.75, 3.05) is 26.2 Å². The van der Waals surface area contributed by atoms with Gasteiger partial charge >= 0.3 is 0 Å². The number of hydrogen-bond donors (Lipinski definition) is 2. The van der Waals surface area contributed by atoms with Gasteiger partial charge in [-0.05, 0) is 44.6 Å². The fraction of sp³-hybridized carbons (Fsp3) is 0.923. The second-order valence-corrected chi connectivity index (χ2v) is 5.66. The Morgan fingerprint density at radius 1 is 1.53 bits per heavy atom. The highest BCUT2D eigenvalue weighted by Crippen LogP contribution is 2.49. The van der Waals surface area contributed by atoms with Gasteiger partial charge in [-0.2, -0.15) is 0 Å². The molecular formula is C13H25N3O. The lowest BCUT2D eigenvalue weighted by atomic mass is 9.99.